The SMILES string of the molecule is CCCCCCCC/C=C/C(=O)NC(CCC(N)=O)C(=O)O. The van der Waals surface area contributed by atoms with Crippen molar-refractivity contribution in [1.82, 2.24) is 5.32 Å². The van der Waals surface area contributed by atoms with Gasteiger partial charge >= 0.3 is 5.97 Å². The molecule has 0 aromatic carbocycles. The summed E-state index contributed by atoms with van der Waals surface area (Å²) in [5, 5.41) is 11.3. The molecule has 6 heteroatoms. The third kappa shape index (κ3) is 11.9. The van der Waals surface area contributed by atoms with Gasteiger partial charge in [0.05, 0.1) is 0 Å². The maximum atomic E-state index is 11.6. The zero-order valence-electron chi connectivity index (χ0n) is 13.3. The van der Waals surface area contributed by atoms with Crippen molar-refractivity contribution in [2.45, 2.75) is 70.8 Å². The van der Waals surface area contributed by atoms with Crippen LogP contribution in [0.25, 0.3) is 0 Å². The van der Waals surface area contributed by atoms with Gasteiger partial charge in [0.1, 0.15) is 6.04 Å². The average molecular weight is 312 g/mol. The number of amides is 2. The standard InChI is InChI=1S/C16H28N2O4/c1-2-3-4-5-6-7-8-9-10-15(20)18-13(16(21)22)11-12-14(17)19/h9-10,13H,2-8,11-12H2,1H3,(H2,17,19)(H,18,20)(H,21,22)/b10-9+. The summed E-state index contributed by atoms with van der Waals surface area (Å²) < 4.78 is 0. The molecule has 0 aliphatic heterocycles. The Morgan fingerprint density at radius 3 is 2.36 bits per heavy atom. The third-order valence-corrected chi connectivity index (χ3v) is 3.29. The Morgan fingerprint density at radius 2 is 1.77 bits per heavy atom. The van der Waals surface area contributed by atoms with Gasteiger partial charge in [-0.15, -0.1) is 0 Å². The maximum absolute atomic E-state index is 11.6. The Labute approximate surface area is 132 Å². The first-order valence-electron chi connectivity index (χ1n) is 7.95. The molecule has 2 amide bonds. The molecule has 1 unspecified atom stereocenters. The molecule has 126 valence electrons. The smallest absolute Gasteiger partial charge is 0.326 e. The number of unbranched alkanes of at least 4 members (excludes halogenated alkanes) is 6. The first-order valence-corrected chi connectivity index (χ1v) is 7.95. The van der Waals surface area contributed by atoms with Gasteiger partial charge in [-0.2, -0.15) is 0 Å². The van der Waals surface area contributed by atoms with E-state index in [9.17, 15) is 14.4 Å². The van der Waals surface area contributed by atoms with Crippen molar-refractivity contribution in [2.75, 3.05) is 0 Å². The van der Waals surface area contributed by atoms with Gasteiger partial charge in [-0.25, -0.2) is 4.79 Å². The number of carbonyl (C=O) groups is 3. The van der Waals surface area contributed by atoms with Crippen LogP contribution in [0.15, 0.2) is 12.2 Å². The zero-order chi connectivity index (χ0) is 16.8. The monoisotopic (exact) mass is 312 g/mol. The molecule has 0 radical (unpaired) electrons. The normalized spacial score (nSPS) is 12.2. The van der Waals surface area contributed by atoms with Gasteiger partial charge in [0.15, 0.2) is 0 Å². The van der Waals surface area contributed by atoms with Crippen LogP contribution in [0.2, 0.25) is 0 Å². The van der Waals surface area contributed by atoms with Gasteiger partial charge in [0, 0.05) is 6.42 Å². The lowest BCUT2D eigenvalue weighted by molar-refractivity contribution is -0.141. The fourth-order valence-corrected chi connectivity index (χ4v) is 2.00. The number of carboxylic acid groups (broad SMARTS) is 1. The van der Waals surface area contributed by atoms with Crippen LogP contribution in [0.3, 0.4) is 0 Å². The molecule has 0 aliphatic rings. The molecule has 0 aromatic rings. The summed E-state index contributed by atoms with van der Waals surface area (Å²) in [5.74, 6) is -2.21. The number of carboxylic acids is 1. The maximum Gasteiger partial charge on any atom is 0.326 e. The summed E-state index contributed by atoms with van der Waals surface area (Å²) >= 11 is 0. The summed E-state index contributed by atoms with van der Waals surface area (Å²) in [6.45, 7) is 2.18. The average Bonchev–Trinajstić information content (AvgIpc) is 2.45. The van der Waals surface area contributed by atoms with Gasteiger partial charge in [-0.1, -0.05) is 45.1 Å². The fourth-order valence-electron chi connectivity index (χ4n) is 2.00. The Morgan fingerprint density at radius 1 is 1.14 bits per heavy atom. The minimum absolute atomic E-state index is 0.00166. The van der Waals surface area contributed by atoms with Crippen molar-refractivity contribution in [1.29, 1.82) is 0 Å². The number of allylic oxidation sites excluding steroid dienone is 1. The second kappa shape index (κ2) is 12.9. The van der Waals surface area contributed by atoms with Gasteiger partial charge in [0.25, 0.3) is 0 Å². The van der Waals surface area contributed by atoms with Gasteiger partial charge in [-0.3, -0.25) is 9.59 Å². The molecule has 6 nitrogen and oxygen atoms in total. The molecule has 0 spiro atoms. The molecule has 0 fully saturated rings. The van der Waals surface area contributed by atoms with Crippen LogP contribution in [-0.2, 0) is 14.4 Å². The summed E-state index contributed by atoms with van der Waals surface area (Å²) in [6.07, 6.45) is 11.0. The van der Waals surface area contributed by atoms with Crippen LogP contribution in [0.1, 0.15) is 64.7 Å². The molecule has 0 rings (SSSR count). The third-order valence-electron chi connectivity index (χ3n) is 3.29. The van der Waals surface area contributed by atoms with Crippen LogP contribution in [-0.4, -0.2) is 28.9 Å². The summed E-state index contributed by atoms with van der Waals surface area (Å²) in [7, 11) is 0. The molecule has 0 heterocycles. The van der Waals surface area contributed by atoms with Crippen molar-refractivity contribution in [3.63, 3.8) is 0 Å². The molecule has 4 N–H and O–H groups in total. The lowest BCUT2D eigenvalue weighted by atomic mass is 10.1. The van der Waals surface area contributed by atoms with Crippen molar-refractivity contribution in [3.8, 4) is 0 Å². The molecular formula is C16H28N2O4. The van der Waals surface area contributed by atoms with Crippen molar-refractivity contribution in [2.24, 2.45) is 5.73 Å². The lowest BCUT2D eigenvalue weighted by Gasteiger charge is -2.11. The van der Waals surface area contributed by atoms with E-state index >= 15 is 0 Å². The Hall–Kier alpha value is -1.85. The highest BCUT2D eigenvalue weighted by molar-refractivity contribution is 5.91. The van der Waals surface area contributed by atoms with Gasteiger partial charge < -0.3 is 16.2 Å². The summed E-state index contributed by atoms with van der Waals surface area (Å²) in [4.78, 5) is 33.2. The van der Waals surface area contributed by atoms with E-state index in [1.807, 2.05) is 0 Å². The second-order valence-electron chi connectivity index (χ2n) is 5.36. The Kier molecular flexibility index (Phi) is 11.8. The first kappa shape index (κ1) is 20.1. The summed E-state index contributed by atoms with van der Waals surface area (Å²) in [6, 6.07) is -1.08. The Balaban J connectivity index is 3.90. The van der Waals surface area contributed by atoms with E-state index in [2.05, 4.69) is 12.2 Å². The predicted octanol–water partition coefficient (Wildman–Crippen LogP) is 2.13. The zero-order valence-corrected chi connectivity index (χ0v) is 13.3. The van der Waals surface area contributed by atoms with Crippen molar-refractivity contribution < 1.29 is 19.5 Å². The van der Waals surface area contributed by atoms with E-state index in [4.69, 9.17) is 10.8 Å². The second-order valence-corrected chi connectivity index (χ2v) is 5.36. The molecule has 0 aromatic heterocycles. The molecule has 0 saturated heterocycles. The molecule has 0 aliphatic carbocycles. The molecule has 0 saturated carbocycles. The topological polar surface area (TPSA) is 109 Å². The number of nitrogens with one attached hydrogen (secondary N) is 1. The van der Waals surface area contributed by atoms with Crippen LogP contribution in [0, 0.1) is 0 Å². The minimum atomic E-state index is -1.17. The van der Waals surface area contributed by atoms with E-state index in [1.165, 1.54) is 31.8 Å². The van der Waals surface area contributed by atoms with Crippen molar-refractivity contribution in [3.05, 3.63) is 12.2 Å². The van der Waals surface area contributed by atoms with Crippen LogP contribution in [0.4, 0.5) is 0 Å². The quantitative estimate of drug-likeness (QED) is 0.357. The molecule has 0 bridgehead atoms. The first-order chi connectivity index (χ1) is 10.5. The van der Waals surface area contributed by atoms with Gasteiger partial charge in [0.2, 0.25) is 11.8 Å². The van der Waals surface area contributed by atoms with E-state index < -0.39 is 23.8 Å². The predicted molar refractivity (Wildman–Crippen MR) is 85.1 cm³/mol. The number of primary amides is 1. The number of carbonyl (C=O) groups excluding carboxylic acids is 2. The fraction of sp³-hybridized carbons (Fsp3) is 0.688. The van der Waals surface area contributed by atoms with E-state index in [-0.39, 0.29) is 12.8 Å². The Bertz CT molecular complexity index is 380. The lowest BCUT2D eigenvalue weighted by Crippen LogP contribution is -2.40. The van der Waals surface area contributed by atoms with E-state index in [0.717, 1.165) is 19.3 Å². The van der Waals surface area contributed by atoms with Crippen LogP contribution in [0.5, 0.6) is 0 Å². The van der Waals surface area contributed by atoms with Crippen LogP contribution < -0.4 is 11.1 Å². The molecule has 22 heavy (non-hydrogen) atoms. The number of hydrogen-bond acceptors (Lipinski definition) is 3. The number of aliphatic carboxylic acids is 1. The highest BCUT2D eigenvalue weighted by atomic mass is 16.4. The highest BCUT2D eigenvalue weighted by Gasteiger charge is 2.19. The molecule has 1 atom stereocenters. The highest BCUT2D eigenvalue weighted by Crippen LogP contribution is 2.07. The van der Waals surface area contributed by atoms with Gasteiger partial charge in [-0.05, 0) is 25.3 Å². The largest absolute Gasteiger partial charge is 0.480 e. The minimum Gasteiger partial charge on any atom is -0.480 e. The number of rotatable bonds is 13. The van der Waals surface area contributed by atoms with Crippen molar-refractivity contribution >= 4 is 17.8 Å². The molecular weight excluding hydrogens is 284 g/mol. The number of hydrogen-bond donors (Lipinski definition) is 3. The van der Waals surface area contributed by atoms with E-state index in [0.29, 0.717) is 0 Å². The summed E-state index contributed by atoms with van der Waals surface area (Å²) in [5.41, 5.74) is 4.97. The number of nitrogens with two attached hydrogens (primary N) is 1. The van der Waals surface area contributed by atoms with E-state index in [1.54, 1.807) is 6.08 Å². The van der Waals surface area contributed by atoms with Crippen LogP contribution >= 0.6 is 0 Å².